The number of rotatable bonds is 10. The van der Waals surface area contributed by atoms with Gasteiger partial charge in [-0.25, -0.2) is 0 Å². The second kappa shape index (κ2) is 10.9. The Balaban J connectivity index is 3.27. The highest BCUT2D eigenvalue weighted by molar-refractivity contribution is 7.99. The van der Waals surface area contributed by atoms with Crippen LogP contribution in [0.1, 0.15) is 66.2 Å². The van der Waals surface area contributed by atoms with E-state index in [-0.39, 0.29) is 0 Å². The molecule has 0 radical (unpaired) electrons. The van der Waals surface area contributed by atoms with Crippen molar-refractivity contribution in [3.8, 4) is 0 Å². The van der Waals surface area contributed by atoms with E-state index in [2.05, 4.69) is 39.5 Å². The third-order valence-electron chi connectivity index (χ3n) is 2.91. The van der Waals surface area contributed by atoms with Gasteiger partial charge in [0, 0.05) is 0 Å². The maximum atomic E-state index is 2.40. The van der Waals surface area contributed by atoms with E-state index in [1.54, 1.807) is 0 Å². The molecule has 0 heterocycles. The van der Waals surface area contributed by atoms with E-state index < -0.39 is 0 Å². The Morgan fingerprint density at radius 2 is 1.20 bits per heavy atom. The van der Waals surface area contributed by atoms with Crippen LogP contribution in [0.4, 0.5) is 0 Å². The predicted molar refractivity (Wildman–Crippen MR) is 74.7 cm³/mol. The van der Waals surface area contributed by atoms with Gasteiger partial charge in [-0.1, -0.05) is 53.4 Å². The summed E-state index contributed by atoms with van der Waals surface area (Å²) in [7, 11) is 0. The molecule has 0 aliphatic rings. The average molecular weight is 230 g/mol. The smallest absolute Gasteiger partial charge is 0.00417 e. The Morgan fingerprint density at radius 3 is 1.53 bits per heavy atom. The van der Waals surface area contributed by atoms with Gasteiger partial charge < -0.3 is 0 Å². The quantitative estimate of drug-likeness (QED) is 0.486. The molecule has 2 atom stereocenters. The van der Waals surface area contributed by atoms with E-state index in [9.17, 15) is 0 Å². The summed E-state index contributed by atoms with van der Waals surface area (Å²) in [4.78, 5) is 0. The standard InChI is InChI=1S/C14H30S/c1-5-7-9-13(3)11-15-12-14(4)10-8-6-2/h13-14H,5-12H2,1-4H3. The van der Waals surface area contributed by atoms with Crippen molar-refractivity contribution in [1.29, 1.82) is 0 Å². The number of unbranched alkanes of at least 4 members (excludes halogenated alkanes) is 2. The Kier molecular flexibility index (Phi) is 11.1. The first-order valence-electron chi connectivity index (χ1n) is 6.78. The monoisotopic (exact) mass is 230 g/mol. The Labute approximate surface area is 102 Å². The van der Waals surface area contributed by atoms with E-state index in [1.807, 2.05) is 0 Å². The van der Waals surface area contributed by atoms with Crippen LogP contribution in [0.2, 0.25) is 0 Å². The zero-order valence-corrected chi connectivity index (χ0v) is 12.0. The molecule has 15 heavy (non-hydrogen) atoms. The minimum atomic E-state index is 0.924. The summed E-state index contributed by atoms with van der Waals surface area (Å²) in [6, 6.07) is 0. The van der Waals surface area contributed by atoms with Gasteiger partial charge in [-0.3, -0.25) is 0 Å². The van der Waals surface area contributed by atoms with Gasteiger partial charge in [-0.05, 0) is 36.2 Å². The highest BCUT2D eigenvalue weighted by atomic mass is 32.2. The lowest BCUT2D eigenvalue weighted by Crippen LogP contribution is -2.03. The summed E-state index contributed by atoms with van der Waals surface area (Å²) in [6.07, 6.45) is 8.36. The van der Waals surface area contributed by atoms with Gasteiger partial charge in [0.05, 0.1) is 0 Å². The van der Waals surface area contributed by atoms with Crippen LogP contribution >= 0.6 is 11.8 Å². The normalized spacial score (nSPS) is 15.2. The Morgan fingerprint density at radius 1 is 0.800 bits per heavy atom. The third kappa shape index (κ3) is 10.6. The molecule has 1 heteroatoms. The van der Waals surface area contributed by atoms with Gasteiger partial charge in [0.2, 0.25) is 0 Å². The van der Waals surface area contributed by atoms with E-state index >= 15 is 0 Å². The molecule has 0 aromatic heterocycles. The van der Waals surface area contributed by atoms with Crippen molar-refractivity contribution in [2.75, 3.05) is 11.5 Å². The summed E-state index contributed by atoms with van der Waals surface area (Å²) < 4.78 is 0. The van der Waals surface area contributed by atoms with Crippen LogP contribution < -0.4 is 0 Å². The molecule has 0 aromatic rings. The molecule has 0 nitrogen and oxygen atoms in total. The van der Waals surface area contributed by atoms with Crippen molar-refractivity contribution < 1.29 is 0 Å². The summed E-state index contributed by atoms with van der Waals surface area (Å²) in [5, 5.41) is 0. The first kappa shape index (κ1) is 15.3. The van der Waals surface area contributed by atoms with Crippen LogP contribution in [-0.2, 0) is 0 Å². The van der Waals surface area contributed by atoms with Crippen LogP contribution in [0.3, 0.4) is 0 Å². The van der Waals surface area contributed by atoms with Crippen LogP contribution in [0.15, 0.2) is 0 Å². The summed E-state index contributed by atoms with van der Waals surface area (Å²) in [5.74, 6) is 4.59. The summed E-state index contributed by atoms with van der Waals surface area (Å²) in [6.45, 7) is 9.37. The Bertz CT molecular complexity index is 109. The SMILES string of the molecule is CCCCC(C)CSCC(C)CCCC. The summed E-state index contributed by atoms with van der Waals surface area (Å²) >= 11 is 2.17. The van der Waals surface area contributed by atoms with Crippen LogP contribution in [0.25, 0.3) is 0 Å². The van der Waals surface area contributed by atoms with Crippen LogP contribution in [0.5, 0.6) is 0 Å². The van der Waals surface area contributed by atoms with E-state index in [0.29, 0.717) is 0 Å². The second-order valence-electron chi connectivity index (χ2n) is 5.03. The second-order valence-corrected chi connectivity index (χ2v) is 6.11. The highest BCUT2D eigenvalue weighted by Gasteiger charge is 2.05. The molecular formula is C14H30S. The highest BCUT2D eigenvalue weighted by Crippen LogP contribution is 2.19. The number of thioether (sulfide) groups is 1. The van der Waals surface area contributed by atoms with Crippen molar-refractivity contribution in [1.82, 2.24) is 0 Å². The first-order valence-corrected chi connectivity index (χ1v) is 7.93. The van der Waals surface area contributed by atoms with Crippen molar-refractivity contribution >= 4 is 11.8 Å². The lowest BCUT2D eigenvalue weighted by molar-refractivity contribution is 0.547. The molecule has 0 aliphatic heterocycles. The Hall–Kier alpha value is 0.350. The lowest BCUT2D eigenvalue weighted by atomic mass is 10.1. The number of hydrogen-bond donors (Lipinski definition) is 0. The predicted octanol–water partition coefficient (Wildman–Crippen LogP) is 5.37. The van der Waals surface area contributed by atoms with Crippen LogP contribution in [-0.4, -0.2) is 11.5 Å². The molecule has 0 N–H and O–H groups in total. The molecule has 0 fully saturated rings. The topological polar surface area (TPSA) is 0 Å². The van der Waals surface area contributed by atoms with E-state index in [4.69, 9.17) is 0 Å². The van der Waals surface area contributed by atoms with Gasteiger partial charge >= 0.3 is 0 Å². The van der Waals surface area contributed by atoms with Gasteiger partial charge in [0.15, 0.2) is 0 Å². The first-order chi connectivity index (χ1) is 7.20. The van der Waals surface area contributed by atoms with Gasteiger partial charge in [0.25, 0.3) is 0 Å². The minimum Gasteiger partial charge on any atom is -0.161 e. The van der Waals surface area contributed by atoms with Crippen LogP contribution in [0, 0.1) is 11.8 Å². The fraction of sp³-hybridized carbons (Fsp3) is 1.00. The molecule has 2 unspecified atom stereocenters. The zero-order chi connectivity index (χ0) is 11.5. The van der Waals surface area contributed by atoms with E-state index in [1.165, 1.54) is 50.0 Å². The molecule has 0 spiro atoms. The average Bonchev–Trinajstić information content (AvgIpc) is 2.23. The van der Waals surface area contributed by atoms with Crippen molar-refractivity contribution in [2.45, 2.75) is 66.2 Å². The van der Waals surface area contributed by atoms with Crippen molar-refractivity contribution in [3.05, 3.63) is 0 Å². The van der Waals surface area contributed by atoms with Gasteiger partial charge in [-0.2, -0.15) is 11.8 Å². The van der Waals surface area contributed by atoms with Crippen molar-refractivity contribution in [3.63, 3.8) is 0 Å². The minimum absolute atomic E-state index is 0.924. The number of hydrogen-bond acceptors (Lipinski definition) is 1. The summed E-state index contributed by atoms with van der Waals surface area (Å²) in [5.41, 5.74) is 0. The zero-order valence-electron chi connectivity index (χ0n) is 11.2. The van der Waals surface area contributed by atoms with Crippen molar-refractivity contribution in [2.24, 2.45) is 11.8 Å². The van der Waals surface area contributed by atoms with Gasteiger partial charge in [-0.15, -0.1) is 0 Å². The molecule has 92 valence electrons. The largest absolute Gasteiger partial charge is 0.161 e. The fourth-order valence-corrected chi connectivity index (χ4v) is 3.02. The molecule has 0 saturated heterocycles. The molecular weight excluding hydrogens is 200 g/mol. The molecule has 0 amide bonds. The fourth-order valence-electron chi connectivity index (χ4n) is 1.74. The maximum Gasteiger partial charge on any atom is -0.00417 e. The van der Waals surface area contributed by atoms with Gasteiger partial charge in [0.1, 0.15) is 0 Å². The molecule has 0 aliphatic carbocycles. The maximum absolute atomic E-state index is 2.40. The lowest BCUT2D eigenvalue weighted by Gasteiger charge is -2.13. The molecule has 0 bridgehead atoms. The van der Waals surface area contributed by atoms with E-state index in [0.717, 1.165) is 11.8 Å². The molecule has 0 rings (SSSR count). The molecule has 0 saturated carbocycles. The third-order valence-corrected chi connectivity index (χ3v) is 4.52. The molecule has 0 aromatic carbocycles.